The van der Waals surface area contributed by atoms with E-state index in [0.29, 0.717) is 30.4 Å². The maximum absolute atomic E-state index is 11.5. The zero-order chi connectivity index (χ0) is 24.4. The predicted octanol–water partition coefficient (Wildman–Crippen LogP) is 3.76. The molecule has 2 aromatic carbocycles. The van der Waals surface area contributed by atoms with E-state index in [9.17, 15) is 4.79 Å². The monoisotopic (exact) mass is 471 g/mol. The minimum atomic E-state index is -0.481. The first kappa shape index (κ1) is 22.5. The summed E-state index contributed by atoms with van der Waals surface area (Å²) < 4.78 is 12.0. The number of nitrogens with zero attached hydrogens (tertiary/aromatic N) is 4. The number of likely N-dealkylation sites (tertiary alicyclic amines) is 1. The molecule has 0 saturated carbocycles. The molecule has 1 fully saturated rings. The first-order valence-electron chi connectivity index (χ1n) is 11.3. The van der Waals surface area contributed by atoms with Crippen molar-refractivity contribution in [3.63, 3.8) is 0 Å². The third kappa shape index (κ3) is 4.99. The van der Waals surface area contributed by atoms with Crippen LogP contribution in [0.5, 0.6) is 17.2 Å². The van der Waals surface area contributed by atoms with Crippen LogP contribution in [-0.2, 0) is 4.79 Å². The van der Waals surface area contributed by atoms with Gasteiger partial charge < -0.3 is 24.8 Å². The molecule has 0 radical (unpaired) electrons. The number of benzene rings is 2. The van der Waals surface area contributed by atoms with E-state index in [1.54, 1.807) is 11.1 Å². The largest absolute Gasteiger partial charge is 0.487 e. The van der Waals surface area contributed by atoms with Gasteiger partial charge in [-0.25, -0.2) is 9.97 Å². The number of carbonyl (C=O) groups is 1. The topological polar surface area (TPSA) is 110 Å². The molecule has 5 rings (SSSR count). The molecule has 0 atom stereocenters. The summed E-state index contributed by atoms with van der Waals surface area (Å²) in [6, 6.07) is 15.3. The van der Waals surface area contributed by atoms with Crippen LogP contribution in [0.15, 0.2) is 61.1 Å². The Morgan fingerprint density at radius 2 is 1.89 bits per heavy atom. The second kappa shape index (κ2) is 9.55. The predicted molar refractivity (Wildman–Crippen MR) is 131 cm³/mol. The maximum Gasteiger partial charge on any atom is 0.248 e. The first-order chi connectivity index (χ1) is 17.0. The number of ether oxygens (including phenoxy) is 2. The van der Waals surface area contributed by atoms with E-state index in [1.165, 1.54) is 6.33 Å². The average Bonchev–Trinajstić information content (AvgIpc) is 2.84. The second-order valence-corrected chi connectivity index (χ2v) is 8.44. The number of anilines is 2. The van der Waals surface area contributed by atoms with Crippen molar-refractivity contribution in [3.8, 4) is 17.2 Å². The van der Waals surface area contributed by atoms with Crippen LogP contribution in [0, 0.1) is 13.8 Å². The lowest BCUT2D eigenvalue weighted by Gasteiger charge is -2.38. The number of pyridine rings is 1. The molecule has 9 heteroatoms. The van der Waals surface area contributed by atoms with Crippen molar-refractivity contribution in [2.45, 2.75) is 20.0 Å². The van der Waals surface area contributed by atoms with Gasteiger partial charge in [0.25, 0.3) is 0 Å². The first-order valence-corrected chi connectivity index (χ1v) is 11.3. The van der Waals surface area contributed by atoms with Crippen molar-refractivity contribution >= 4 is 28.3 Å². The van der Waals surface area contributed by atoms with Crippen LogP contribution in [0.3, 0.4) is 0 Å². The molecule has 1 amide bonds. The van der Waals surface area contributed by atoms with Gasteiger partial charge in [-0.3, -0.25) is 9.78 Å². The lowest BCUT2D eigenvalue weighted by atomic mass is 10.1. The summed E-state index contributed by atoms with van der Waals surface area (Å²) in [6.07, 6.45) is 3.12. The Morgan fingerprint density at radius 3 is 2.63 bits per heavy atom. The SMILES string of the molecule is Cc1ccc(Oc2ccc(Nc3ncnc4ccc(OC5CN(C(=O)CO)C5)cc34)cc2C)cn1. The highest BCUT2D eigenvalue weighted by atomic mass is 16.5. The smallest absolute Gasteiger partial charge is 0.248 e. The van der Waals surface area contributed by atoms with Gasteiger partial charge in [0.05, 0.1) is 24.8 Å². The lowest BCUT2D eigenvalue weighted by molar-refractivity contribution is -0.142. The average molecular weight is 472 g/mol. The van der Waals surface area contributed by atoms with E-state index >= 15 is 0 Å². The Bertz CT molecular complexity index is 1370. The molecule has 35 heavy (non-hydrogen) atoms. The zero-order valence-electron chi connectivity index (χ0n) is 19.4. The van der Waals surface area contributed by atoms with Gasteiger partial charge in [-0.15, -0.1) is 0 Å². The van der Waals surface area contributed by atoms with Crippen LogP contribution >= 0.6 is 0 Å². The Kier molecular flexibility index (Phi) is 6.15. The van der Waals surface area contributed by atoms with E-state index in [2.05, 4.69) is 20.3 Å². The minimum Gasteiger partial charge on any atom is -0.487 e. The van der Waals surface area contributed by atoms with Crippen LogP contribution < -0.4 is 14.8 Å². The van der Waals surface area contributed by atoms with Crippen molar-refractivity contribution in [1.29, 1.82) is 0 Å². The standard InChI is InChI=1S/C26H25N5O4/c1-16-9-18(4-8-24(16)35-20-5-3-17(2)27-11-20)30-26-22-10-19(6-7-23(22)28-15-29-26)34-21-12-31(13-21)25(33)14-32/h3-11,15,21,32H,12-14H2,1-2H3,(H,28,29,30). The Hall–Kier alpha value is -4.24. The fourth-order valence-corrected chi connectivity index (χ4v) is 3.84. The quantitative estimate of drug-likeness (QED) is 0.419. The van der Waals surface area contributed by atoms with Crippen LogP contribution in [0.4, 0.5) is 11.5 Å². The molecule has 0 aliphatic carbocycles. The van der Waals surface area contributed by atoms with Gasteiger partial charge >= 0.3 is 0 Å². The third-order valence-corrected chi connectivity index (χ3v) is 5.80. The number of aliphatic hydroxyl groups is 1. The second-order valence-electron chi connectivity index (χ2n) is 8.44. The Labute approximate surface area is 202 Å². The fourth-order valence-electron chi connectivity index (χ4n) is 3.84. The number of fused-ring (bicyclic) bond motifs is 1. The molecule has 1 aliphatic rings. The van der Waals surface area contributed by atoms with E-state index in [4.69, 9.17) is 14.6 Å². The zero-order valence-corrected chi connectivity index (χ0v) is 19.4. The summed E-state index contributed by atoms with van der Waals surface area (Å²) in [4.78, 5) is 26.1. The highest BCUT2D eigenvalue weighted by Crippen LogP contribution is 2.31. The summed E-state index contributed by atoms with van der Waals surface area (Å²) in [7, 11) is 0. The number of hydrogen-bond donors (Lipinski definition) is 2. The van der Waals surface area contributed by atoms with Crippen molar-refractivity contribution < 1.29 is 19.4 Å². The summed E-state index contributed by atoms with van der Waals surface area (Å²) >= 11 is 0. The van der Waals surface area contributed by atoms with Crippen molar-refractivity contribution in [2.24, 2.45) is 0 Å². The van der Waals surface area contributed by atoms with Crippen LogP contribution in [0.25, 0.3) is 10.9 Å². The van der Waals surface area contributed by atoms with Crippen LogP contribution in [-0.4, -0.2) is 56.7 Å². The van der Waals surface area contributed by atoms with Gasteiger partial charge in [-0.2, -0.15) is 0 Å². The van der Waals surface area contributed by atoms with Gasteiger partial charge in [-0.05, 0) is 67.9 Å². The molecule has 178 valence electrons. The van der Waals surface area contributed by atoms with Crippen molar-refractivity contribution in [2.75, 3.05) is 25.0 Å². The molecule has 3 heterocycles. The van der Waals surface area contributed by atoms with Gasteiger partial charge in [0.2, 0.25) is 5.91 Å². The normalized spacial score (nSPS) is 13.4. The third-order valence-electron chi connectivity index (χ3n) is 5.80. The molecular weight excluding hydrogens is 446 g/mol. The fraction of sp³-hybridized carbons (Fsp3) is 0.231. The van der Waals surface area contributed by atoms with Crippen LogP contribution in [0.1, 0.15) is 11.3 Å². The number of carbonyl (C=O) groups excluding carboxylic acids is 1. The van der Waals surface area contributed by atoms with Gasteiger partial charge in [-0.1, -0.05) is 0 Å². The number of nitrogens with one attached hydrogen (secondary N) is 1. The summed E-state index contributed by atoms with van der Waals surface area (Å²) in [6.45, 7) is 4.35. The number of aromatic nitrogens is 3. The van der Waals surface area contributed by atoms with Crippen LogP contribution in [0.2, 0.25) is 0 Å². The molecule has 1 aliphatic heterocycles. The van der Waals surface area contributed by atoms with E-state index in [0.717, 1.165) is 33.6 Å². The Balaban J connectivity index is 1.31. The summed E-state index contributed by atoms with van der Waals surface area (Å²) in [5.74, 6) is 2.47. The molecule has 9 nitrogen and oxygen atoms in total. The van der Waals surface area contributed by atoms with Gasteiger partial charge in [0.1, 0.15) is 42.1 Å². The molecule has 1 saturated heterocycles. The molecule has 0 unspecified atom stereocenters. The van der Waals surface area contributed by atoms with Crippen molar-refractivity contribution in [1.82, 2.24) is 19.9 Å². The number of hydrogen-bond acceptors (Lipinski definition) is 8. The minimum absolute atomic E-state index is 0.108. The summed E-state index contributed by atoms with van der Waals surface area (Å²) in [5, 5.41) is 13.1. The Morgan fingerprint density at radius 1 is 1.06 bits per heavy atom. The summed E-state index contributed by atoms with van der Waals surface area (Å²) in [5.41, 5.74) is 3.54. The maximum atomic E-state index is 11.5. The van der Waals surface area contributed by atoms with Gasteiger partial charge in [0.15, 0.2) is 0 Å². The van der Waals surface area contributed by atoms with E-state index in [1.807, 2.05) is 62.4 Å². The molecule has 4 aromatic rings. The number of aryl methyl sites for hydroxylation is 2. The van der Waals surface area contributed by atoms with E-state index < -0.39 is 6.61 Å². The lowest BCUT2D eigenvalue weighted by Crippen LogP contribution is -2.56. The molecule has 0 spiro atoms. The van der Waals surface area contributed by atoms with E-state index in [-0.39, 0.29) is 12.0 Å². The molecule has 2 N–H and O–H groups in total. The number of aliphatic hydroxyl groups excluding tert-OH is 1. The number of amides is 1. The number of rotatable bonds is 7. The van der Waals surface area contributed by atoms with Crippen molar-refractivity contribution in [3.05, 3.63) is 72.3 Å². The highest BCUT2D eigenvalue weighted by molar-refractivity contribution is 5.91. The van der Waals surface area contributed by atoms with Gasteiger partial charge in [0, 0.05) is 16.8 Å². The molecular formula is C26H25N5O4. The molecule has 2 aromatic heterocycles. The molecule has 0 bridgehead atoms. The highest BCUT2D eigenvalue weighted by Gasteiger charge is 2.31.